The van der Waals surface area contributed by atoms with Crippen LogP contribution >= 0.6 is 0 Å². The van der Waals surface area contributed by atoms with Crippen molar-refractivity contribution in [1.82, 2.24) is 0 Å². The molecule has 0 N–H and O–H groups in total. The standard InChI is InChI=1S/C9H13NO2/c1-3-4-5-6-9(7-10)12-8(2)11/h6H,3-5H2,1-2H3. The number of hydrogen-bond donors (Lipinski definition) is 0. The van der Waals surface area contributed by atoms with Gasteiger partial charge in [-0.15, -0.1) is 0 Å². The minimum absolute atomic E-state index is 0.107. The van der Waals surface area contributed by atoms with Gasteiger partial charge in [0, 0.05) is 6.92 Å². The average Bonchev–Trinajstić information content (AvgIpc) is 2.02. The van der Waals surface area contributed by atoms with Gasteiger partial charge in [0.15, 0.2) is 0 Å². The van der Waals surface area contributed by atoms with Crippen LogP contribution in [-0.4, -0.2) is 5.97 Å². The fourth-order valence-electron chi connectivity index (χ4n) is 0.702. The van der Waals surface area contributed by atoms with Gasteiger partial charge in [-0.3, -0.25) is 4.79 Å². The SMILES string of the molecule is CCCCC=C(C#N)OC(C)=O. The van der Waals surface area contributed by atoms with E-state index in [2.05, 4.69) is 11.7 Å². The zero-order valence-corrected chi connectivity index (χ0v) is 7.46. The number of allylic oxidation sites excluding steroid dienone is 2. The summed E-state index contributed by atoms with van der Waals surface area (Å²) in [5.41, 5.74) is 0. The molecule has 0 aliphatic carbocycles. The van der Waals surface area contributed by atoms with Crippen LogP contribution in [0.2, 0.25) is 0 Å². The second-order valence-electron chi connectivity index (χ2n) is 2.42. The molecule has 3 nitrogen and oxygen atoms in total. The summed E-state index contributed by atoms with van der Waals surface area (Å²) in [6.07, 6.45) is 4.50. The molecule has 12 heavy (non-hydrogen) atoms. The van der Waals surface area contributed by atoms with Crippen molar-refractivity contribution in [2.24, 2.45) is 0 Å². The van der Waals surface area contributed by atoms with E-state index in [4.69, 9.17) is 5.26 Å². The molecular weight excluding hydrogens is 154 g/mol. The Morgan fingerprint density at radius 1 is 1.67 bits per heavy atom. The van der Waals surface area contributed by atoms with Crippen molar-refractivity contribution in [3.8, 4) is 6.07 Å². The Morgan fingerprint density at radius 2 is 2.33 bits per heavy atom. The molecule has 0 heterocycles. The van der Waals surface area contributed by atoms with Crippen molar-refractivity contribution in [1.29, 1.82) is 5.26 Å². The largest absolute Gasteiger partial charge is 0.416 e. The first kappa shape index (κ1) is 10.7. The van der Waals surface area contributed by atoms with Crippen LogP contribution in [0.15, 0.2) is 11.8 Å². The van der Waals surface area contributed by atoms with Crippen LogP contribution in [0.25, 0.3) is 0 Å². The predicted octanol–water partition coefficient (Wildman–Crippen LogP) is 2.15. The molecule has 0 atom stereocenters. The van der Waals surface area contributed by atoms with Crippen LogP contribution in [0, 0.1) is 11.3 Å². The molecule has 0 rings (SSSR count). The highest BCUT2D eigenvalue weighted by molar-refractivity contribution is 5.67. The smallest absolute Gasteiger partial charge is 0.308 e. The second-order valence-corrected chi connectivity index (χ2v) is 2.42. The number of carbonyl (C=O) groups is 1. The molecule has 0 radical (unpaired) electrons. The molecule has 0 aliphatic heterocycles. The maximum Gasteiger partial charge on any atom is 0.308 e. The van der Waals surface area contributed by atoms with E-state index in [0.29, 0.717) is 0 Å². The van der Waals surface area contributed by atoms with Crippen molar-refractivity contribution in [2.75, 3.05) is 0 Å². The number of carbonyl (C=O) groups excluding carboxylic acids is 1. The molecule has 0 spiro atoms. The molecule has 66 valence electrons. The molecular formula is C9H13NO2. The number of ether oxygens (including phenoxy) is 1. The Kier molecular flexibility index (Phi) is 5.72. The van der Waals surface area contributed by atoms with Crippen LogP contribution in [0.4, 0.5) is 0 Å². The van der Waals surface area contributed by atoms with Crippen molar-refractivity contribution in [3.63, 3.8) is 0 Å². The summed E-state index contributed by atoms with van der Waals surface area (Å²) in [5.74, 6) is -0.338. The maximum atomic E-state index is 10.4. The lowest BCUT2D eigenvalue weighted by molar-refractivity contribution is -0.136. The lowest BCUT2D eigenvalue weighted by atomic mass is 10.2. The minimum Gasteiger partial charge on any atom is -0.416 e. The van der Waals surface area contributed by atoms with Crippen molar-refractivity contribution < 1.29 is 9.53 Å². The van der Waals surface area contributed by atoms with E-state index in [1.807, 2.05) is 6.07 Å². The van der Waals surface area contributed by atoms with E-state index in [0.717, 1.165) is 19.3 Å². The normalized spacial score (nSPS) is 10.6. The monoisotopic (exact) mass is 167 g/mol. The first-order chi connectivity index (χ1) is 5.70. The summed E-state index contributed by atoms with van der Waals surface area (Å²) in [6, 6.07) is 1.81. The summed E-state index contributed by atoms with van der Waals surface area (Å²) in [6.45, 7) is 3.34. The zero-order valence-electron chi connectivity index (χ0n) is 7.46. The highest BCUT2D eigenvalue weighted by atomic mass is 16.5. The summed E-state index contributed by atoms with van der Waals surface area (Å²) < 4.78 is 4.61. The van der Waals surface area contributed by atoms with Crippen LogP contribution in [0.1, 0.15) is 33.1 Å². The molecule has 0 saturated heterocycles. The van der Waals surface area contributed by atoms with Crippen molar-refractivity contribution >= 4 is 5.97 Å². The molecule has 0 aromatic rings. The van der Waals surface area contributed by atoms with Gasteiger partial charge in [0.2, 0.25) is 5.76 Å². The van der Waals surface area contributed by atoms with Gasteiger partial charge in [0.1, 0.15) is 6.07 Å². The number of esters is 1. The van der Waals surface area contributed by atoms with Crippen molar-refractivity contribution in [3.05, 3.63) is 11.8 Å². The van der Waals surface area contributed by atoms with E-state index in [-0.39, 0.29) is 5.76 Å². The number of nitriles is 1. The van der Waals surface area contributed by atoms with E-state index in [1.54, 1.807) is 6.08 Å². The van der Waals surface area contributed by atoms with Gasteiger partial charge in [-0.25, -0.2) is 0 Å². The third-order valence-corrected chi connectivity index (χ3v) is 1.25. The Hall–Kier alpha value is -1.30. The number of unbranched alkanes of at least 4 members (excludes halogenated alkanes) is 2. The lowest BCUT2D eigenvalue weighted by Crippen LogP contribution is -1.96. The Labute approximate surface area is 72.6 Å². The van der Waals surface area contributed by atoms with Crippen LogP contribution in [0.5, 0.6) is 0 Å². The molecule has 0 fully saturated rings. The summed E-state index contributed by atoms with van der Waals surface area (Å²) in [5, 5.41) is 8.48. The molecule has 0 aromatic carbocycles. The molecule has 0 aromatic heterocycles. The van der Waals surface area contributed by atoms with Crippen LogP contribution in [0.3, 0.4) is 0 Å². The molecule has 3 heteroatoms. The van der Waals surface area contributed by atoms with Crippen LogP contribution < -0.4 is 0 Å². The van der Waals surface area contributed by atoms with Gasteiger partial charge in [0.25, 0.3) is 0 Å². The van der Waals surface area contributed by atoms with Crippen molar-refractivity contribution in [2.45, 2.75) is 33.1 Å². The van der Waals surface area contributed by atoms with Gasteiger partial charge >= 0.3 is 5.97 Å². The highest BCUT2D eigenvalue weighted by Gasteiger charge is 1.98. The lowest BCUT2D eigenvalue weighted by Gasteiger charge is -1.96. The Morgan fingerprint density at radius 3 is 2.75 bits per heavy atom. The number of nitrogens with zero attached hydrogens (tertiary/aromatic N) is 1. The first-order valence-electron chi connectivity index (χ1n) is 3.99. The van der Waals surface area contributed by atoms with Gasteiger partial charge in [-0.05, 0) is 18.9 Å². The summed E-state index contributed by atoms with van der Waals surface area (Å²) in [4.78, 5) is 10.4. The molecule has 0 amide bonds. The summed E-state index contributed by atoms with van der Waals surface area (Å²) >= 11 is 0. The molecule has 0 saturated carbocycles. The van der Waals surface area contributed by atoms with Crippen LogP contribution in [-0.2, 0) is 9.53 Å². The fourth-order valence-corrected chi connectivity index (χ4v) is 0.702. The minimum atomic E-state index is -0.445. The quantitative estimate of drug-likeness (QED) is 0.279. The van der Waals surface area contributed by atoms with E-state index >= 15 is 0 Å². The predicted molar refractivity (Wildman–Crippen MR) is 45.0 cm³/mol. The Bertz CT molecular complexity index is 213. The van der Waals surface area contributed by atoms with E-state index in [9.17, 15) is 4.79 Å². The van der Waals surface area contributed by atoms with Gasteiger partial charge < -0.3 is 4.74 Å². The zero-order chi connectivity index (χ0) is 9.40. The highest BCUT2D eigenvalue weighted by Crippen LogP contribution is 2.02. The Balaban J connectivity index is 3.89. The topological polar surface area (TPSA) is 50.1 Å². The van der Waals surface area contributed by atoms with E-state index in [1.165, 1.54) is 6.92 Å². The number of hydrogen-bond acceptors (Lipinski definition) is 3. The number of rotatable bonds is 4. The second kappa shape index (κ2) is 6.41. The molecule has 0 bridgehead atoms. The van der Waals surface area contributed by atoms with E-state index < -0.39 is 5.97 Å². The average molecular weight is 167 g/mol. The third kappa shape index (κ3) is 5.48. The molecule has 0 unspecified atom stereocenters. The fraction of sp³-hybridized carbons (Fsp3) is 0.556. The third-order valence-electron chi connectivity index (χ3n) is 1.25. The van der Waals surface area contributed by atoms with Gasteiger partial charge in [-0.1, -0.05) is 13.3 Å². The van der Waals surface area contributed by atoms with Gasteiger partial charge in [-0.2, -0.15) is 5.26 Å². The van der Waals surface area contributed by atoms with Gasteiger partial charge in [0.05, 0.1) is 0 Å². The first-order valence-corrected chi connectivity index (χ1v) is 3.99. The maximum absolute atomic E-state index is 10.4. The molecule has 0 aliphatic rings. The summed E-state index contributed by atoms with van der Waals surface area (Å²) in [7, 11) is 0.